The fourth-order valence-electron chi connectivity index (χ4n) is 2.76. The van der Waals surface area contributed by atoms with Crippen LogP contribution in [0, 0.1) is 0 Å². The normalized spacial score (nSPS) is 29.4. The van der Waals surface area contributed by atoms with Gasteiger partial charge in [0.05, 0.1) is 21.2 Å². The first-order valence-electron chi connectivity index (χ1n) is 6.21. The third kappa shape index (κ3) is 3.69. The van der Waals surface area contributed by atoms with Crippen LogP contribution >= 0.6 is 0 Å². The van der Waals surface area contributed by atoms with E-state index < -0.39 is 5.79 Å². The van der Waals surface area contributed by atoms with Crippen molar-refractivity contribution in [3.8, 4) is 5.75 Å². The fraction of sp³-hybridized carbons (Fsp3) is 0.571. The average Bonchev–Trinajstić information content (AvgIpc) is 2.26. The van der Waals surface area contributed by atoms with E-state index in [0.29, 0.717) is 6.54 Å². The minimum atomic E-state index is -1.21. The predicted molar refractivity (Wildman–Crippen MR) is 69.3 cm³/mol. The van der Waals surface area contributed by atoms with Gasteiger partial charge in [-0.25, -0.2) is 0 Å². The van der Waals surface area contributed by atoms with Crippen LogP contribution in [0.25, 0.3) is 0 Å². The molecule has 108 valence electrons. The minimum Gasteiger partial charge on any atom is -1.00 e. The van der Waals surface area contributed by atoms with Crippen LogP contribution in [-0.4, -0.2) is 50.0 Å². The highest BCUT2D eigenvalue weighted by atomic mass is 79.9. The minimum absolute atomic E-state index is 0. The third-order valence-electron chi connectivity index (χ3n) is 3.33. The number of methoxy groups -OCH3 is 1. The zero-order valence-corrected chi connectivity index (χ0v) is 13.5. The number of halogens is 1. The number of hydrogen-bond donors (Lipinski definition) is 1. The molecule has 1 saturated heterocycles. The van der Waals surface area contributed by atoms with E-state index in [4.69, 9.17) is 9.47 Å². The van der Waals surface area contributed by atoms with Crippen LogP contribution in [0.1, 0.15) is 12.5 Å². The van der Waals surface area contributed by atoms with E-state index in [1.54, 1.807) is 7.11 Å². The Morgan fingerprint density at radius 1 is 1.32 bits per heavy atom. The second kappa shape index (κ2) is 5.79. The molecule has 2 rings (SSSR count). The number of quaternary nitrogens is 1. The van der Waals surface area contributed by atoms with E-state index in [1.165, 1.54) is 0 Å². The van der Waals surface area contributed by atoms with Crippen molar-refractivity contribution in [3.63, 3.8) is 0 Å². The monoisotopic (exact) mass is 331 g/mol. The molecule has 0 spiro atoms. The van der Waals surface area contributed by atoms with Crippen molar-refractivity contribution in [2.24, 2.45) is 0 Å². The van der Waals surface area contributed by atoms with Gasteiger partial charge in [0.1, 0.15) is 24.9 Å². The van der Waals surface area contributed by atoms with Crippen LogP contribution in [0.5, 0.6) is 5.75 Å². The predicted octanol–water partition coefficient (Wildman–Crippen LogP) is -1.66. The molecule has 1 aliphatic rings. The molecular weight excluding hydrogens is 310 g/mol. The summed E-state index contributed by atoms with van der Waals surface area (Å²) in [5.41, 5.74) is 0.779. The lowest BCUT2D eigenvalue weighted by molar-refractivity contribution is -0.916. The number of benzene rings is 1. The summed E-state index contributed by atoms with van der Waals surface area (Å²) in [5, 5.41) is 10.7. The van der Waals surface area contributed by atoms with Gasteiger partial charge in [-0.1, -0.05) is 0 Å². The lowest BCUT2D eigenvalue weighted by Gasteiger charge is -2.45. The molecule has 0 saturated carbocycles. The van der Waals surface area contributed by atoms with Crippen LogP contribution in [0.15, 0.2) is 24.3 Å². The van der Waals surface area contributed by atoms with Gasteiger partial charge in [-0.2, -0.15) is 0 Å². The highest BCUT2D eigenvalue weighted by Crippen LogP contribution is 2.32. The van der Waals surface area contributed by atoms with Crippen molar-refractivity contribution < 1.29 is 36.0 Å². The molecule has 4 nitrogen and oxygen atoms in total. The van der Waals surface area contributed by atoms with E-state index in [-0.39, 0.29) is 23.1 Å². The van der Waals surface area contributed by atoms with Crippen LogP contribution in [0.4, 0.5) is 0 Å². The number of aliphatic hydroxyl groups is 1. The number of rotatable bonds is 2. The van der Waals surface area contributed by atoms with Crippen molar-refractivity contribution in [2.75, 3.05) is 34.3 Å². The van der Waals surface area contributed by atoms with E-state index >= 15 is 0 Å². The lowest BCUT2D eigenvalue weighted by atomic mass is 10.0. The number of hydrogen-bond acceptors (Lipinski definition) is 3. The van der Waals surface area contributed by atoms with Crippen LogP contribution in [0.2, 0.25) is 0 Å². The van der Waals surface area contributed by atoms with Crippen molar-refractivity contribution >= 4 is 0 Å². The molecule has 1 aromatic rings. The molecule has 1 aliphatic heterocycles. The number of morpholine rings is 1. The highest BCUT2D eigenvalue weighted by Gasteiger charge is 2.45. The molecule has 0 aromatic heterocycles. The summed E-state index contributed by atoms with van der Waals surface area (Å²) in [7, 11) is 5.84. The summed E-state index contributed by atoms with van der Waals surface area (Å²) in [6.45, 7) is 3.44. The Kier molecular flexibility index (Phi) is 5.01. The molecule has 0 aliphatic carbocycles. The molecule has 0 unspecified atom stereocenters. The maximum Gasteiger partial charge on any atom is 0.244 e. The summed E-state index contributed by atoms with van der Waals surface area (Å²) in [5.74, 6) is -0.437. The Hall–Kier alpha value is -0.620. The van der Waals surface area contributed by atoms with Gasteiger partial charge in [0, 0.05) is 5.56 Å². The van der Waals surface area contributed by atoms with Gasteiger partial charge < -0.3 is 36.0 Å². The van der Waals surface area contributed by atoms with Gasteiger partial charge in [-0.3, -0.25) is 0 Å². The molecule has 0 radical (unpaired) electrons. The number of likely N-dealkylation sites (N-methyl/N-ethyl adjacent to an activating group) is 1. The largest absolute Gasteiger partial charge is 1.00 e. The Bertz CT molecular complexity index is 421. The zero-order valence-electron chi connectivity index (χ0n) is 11.9. The number of ether oxygens (including phenoxy) is 2. The Morgan fingerprint density at radius 2 is 1.89 bits per heavy atom. The zero-order chi connectivity index (χ0) is 13.4. The van der Waals surface area contributed by atoms with Crippen molar-refractivity contribution in [2.45, 2.75) is 18.8 Å². The molecule has 19 heavy (non-hydrogen) atoms. The van der Waals surface area contributed by atoms with E-state index in [0.717, 1.165) is 22.3 Å². The standard InChI is InChI=1S/C14H22NO3.BrH/c1-11-9-15(2,3)10-14(16,18-11)12-5-7-13(17-4)8-6-12;/h5-8,11,16H,9-10H2,1-4H3;1H/q+1;/p-1/t11-,14-;/m1./s1. The molecule has 0 bridgehead atoms. The average molecular weight is 332 g/mol. The Balaban J connectivity index is 0.00000180. The van der Waals surface area contributed by atoms with Crippen LogP contribution in [0.3, 0.4) is 0 Å². The summed E-state index contributed by atoms with van der Waals surface area (Å²) >= 11 is 0. The summed E-state index contributed by atoms with van der Waals surface area (Å²) in [6.07, 6.45) is 0.0286. The van der Waals surface area contributed by atoms with Crippen molar-refractivity contribution in [1.29, 1.82) is 0 Å². The third-order valence-corrected chi connectivity index (χ3v) is 3.33. The molecule has 5 heteroatoms. The first-order chi connectivity index (χ1) is 8.35. The van der Waals surface area contributed by atoms with E-state index in [2.05, 4.69) is 14.1 Å². The maximum atomic E-state index is 10.7. The Labute approximate surface area is 125 Å². The first kappa shape index (κ1) is 16.4. The molecule has 1 N–H and O–H groups in total. The smallest absolute Gasteiger partial charge is 0.244 e. The molecule has 1 fully saturated rings. The molecule has 1 heterocycles. The molecule has 2 atom stereocenters. The molecule has 0 amide bonds. The molecular formula is C14H22BrNO3. The topological polar surface area (TPSA) is 38.7 Å². The lowest BCUT2D eigenvalue weighted by Crippen LogP contribution is -3.00. The van der Waals surface area contributed by atoms with Gasteiger partial charge in [0.25, 0.3) is 0 Å². The van der Waals surface area contributed by atoms with Crippen LogP contribution in [-0.2, 0) is 10.5 Å². The van der Waals surface area contributed by atoms with Crippen LogP contribution < -0.4 is 21.7 Å². The van der Waals surface area contributed by atoms with E-state index in [9.17, 15) is 5.11 Å². The second-order valence-electron chi connectivity index (χ2n) is 5.72. The first-order valence-corrected chi connectivity index (χ1v) is 6.21. The van der Waals surface area contributed by atoms with E-state index in [1.807, 2.05) is 31.2 Å². The van der Waals surface area contributed by atoms with Gasteiger partial charge in [-0.15, -0.1) is 0 Å². The van der Waals surface area contributed by atoms with Gasteiger partial charge >= 0.3 is 0 Å². The SMILES string of the molecule is COc1ccc([C@@]2(O)C[N+](C)(C)C[C@@H](C)O2)cc1.[Br-]. The highest BCUT2D eigenvalue weighted by molar-refractivity contribution is 5.30. The van der Waals surface area contributed by atoms with Gasteiger partial charge in [0.2, 0.25) is 5.79 Å². The Morgan fingerprint density at radius 3 is 2.37 bits per heavy atom. The fourth-order valence-corrected chi connectivity index (χ4v) is 2.76. The van der Waals surface area contributed by atoms with Crippen molar-refractivity contribution in [1.82, 2.24) is 0 Å². The number of nitrogens with zero attached hydrogens (tertiary/aromatic N) is 1. The van der Waals surface area contributed by atoms with Crippen molar-refractivity contribution in [3.05, 3.63) is 29.8 Å². The maximum absolute atomic E-state index is 10.7. The van der Waals surface area contributed by atoms with Gasteiger partial charge in [0.15, 0.2) is 0 Å². The summed E-state index contributed by atoms with van der Waals surface area (Å²) < 4.78 is 11.6. The quantitative estimate of drug-likeness (QED) is 0.659. The summed E-state index contributed by atoms with van der Waals surface area (Å²) in [4.78, 5) is 0. The van der Waals surface area contributed by atoms with Gasteiger partial charge in [-0.05, 0) is 31.2 Å². The molecule has 1 aromatic carbocycles. The summed E-state index contributed by atoms with van der Waals surface area (Å²) in [6, 6.07) is 7.40. The second-order valence-corrected chi connectivity index (χ2v) is 5.72.